The van der Waals surface area contributed by atoms with Gasteiger partial charge >= 0.3 is 5.69 Å². The molecular weight excluding hydrogens is 454 g/mol. The van der Waals surface area contributed by atoms with Gasteiger partial charge in [0, 0.05) is 37.8 Å². The fraction of sp³-hybridized carbons (Fsp3) is 0.300. The number of nitro benzene ring substituents is 2. The summed E-state index contributed by atoms with van der Waals surface area (Å²) in [5, 5.41) is 25.4. The van der Waals surface area contributed by atoms with Gasteiger partial charge < -0.3 is 19.3 Å². The Bertz CT molecular complexity index is 1100. The van der Waals surface area contributed by atoms with Crippen LogP contribution in [0.5, 0.6) is 11.5 Å². The lowest BCUT2D eigenvalue weighted by atomic mass is 10.1. The number of rotatable bonds is 6. The highest BCUT2D eigenvalue weighted by Gasteiger charge is 2.26. The third kappa shape index (κ3) is 5.26. The first kappa shape index (κ1) is 23.7. The zero-order valence-electron chi connectivity index (χ0n) is 17.8. The summed E-state index contributed by atoms with van der Waals surface area (Å²) in [5.74, 6) is -0.145. The number of nitrogens with zero attached hydrogens (tertiary/aromatic N) is 4. The molecule has 12 nitrogen and oxygen atoms in total. The van der Waals surface area contributed by atoms with Crippen molar-refractivity contribution in [3.8, 4) is 11.5 Å². The van der Waals surface area contributed by atoms with E-state index in [1.54, 1.807) is 17.0 Å². The minimum Gasteiger partial charge on any atom is -0.496 e. The molecule has 13 heteroatoms. The molecule has 0 saturated carbocycles. The van der Waals surface area contributed by atoms with Gasteiger partial charge in [0.15, 0.2) is 10.9 Å². The lowest BCUT2D eigenvalue weighted by Gasteiger charge is -2.37. The summed E-state index contributed by atoms with van der Waals surface area (Å²) >= 11 is 5.33. The quantitative estimate of drug-likeness (QED) is 0.376. The maximum absolute atomic E-state index is 12.6. The predicted octanol–water partition coefficient (Wildman–Crippen LogP) is 2.36. The number of nitro groups is 2. The molecule has 1 heterocycles. The number of hydrogen-bond acceptors (Lipinski definition) is 9. The van der Waals surface area contributed by atoms with E-state index >= 15 is 0 Å². The van der Waals surface area contributed by atoms with E-state index in [4.69, 9.17) is 21.7 Å². The molecule has 0 radical (unpaired) electrons. The summed E-state index contributed by atoms with van der Waals surface area (Å²) in [5.41, 5.74) is 0.156. The Morgan fingerprint density at radius 3 is 2.21 bits per heavy atom. The van der Waals surface area contributed by atoms with Gasteiger partial charge in [-0.05, 0) is 36.5 Å². The Hall–Kier alpha value is -4.00. The molecule has 33 heavy (non-hydrogen) atoms. The molecule has 1 saturated heterocycles. The average molecular weight is 475 g/mol. The van der Waals surface area contributed by atoms with Crippen LogP contribution in [0, 0.1) is 20.2 Å². The SMILES string of the molecule is COc1ccc(N2CCN(C(=S)NC(=O)c3ccc(OC)c([N+](=O)[O-])c3)CC2)c([N+](=O)[O-])c1. The largest absolute Gasteiger partial charge is 0.496 e. The smallest absolute Gasteiger partial charge is 0.311 e. The second-order valence-corrected chi connectivity index (χ2v) is 7.38. The van der Waals surface area contributed by atoms with Crippen molar-refractivity contribution in [3.63, 3.8) is 0 Å². The maximum atomic E-state index is 12.6. The van der Waals surface area contributed by atoms with Crippen LogP contribution in [0.2, 0.25) is 0 Å². The minimum absolute atomic E-state index is 0.0443. The number of methoxy groups -OCH3 is 2. The van der Waals surface area contributed by atoms with Crippen LogP contribution in [0.4, 0.5) is 17.1 Å². The molecule has 1 N–H and O–H groups in total. The van der Waals surface area contributed by atoms with E-state index in [2.05, 4.69) is 5.32 Å². The number of piperazine rings is 1. The zero-order chi connectivity index (χ0) is 24.1. The molecule has 1 aliphatic rings. The first-order valence-corrected chi connectivity index (χ1v) is 10.2. The molecule has 174 valence electrons. The number of anilines is 1. The van der Waals surface area contributed by atoms with Crippen LogP contribution in [-0.4, -0.2) is 66.2 Å². The average Bonchev–Trinajstić information content (AvgIpc) is 2.83. The first-order chi connectivity index (χ1) is 15.7. The third-order valence-electron chi connectivity index (χ3n) is 5.15. The third-order valence-corrected chi connectivity index (χ3v) is 5.51. The van der Waals surface area contributed by atoms with Crippen molar-refractivity contribution in [1.82, 2.24) is 10.2 Å². The number of carbonyl (C=O) groups is 1. The summed E-state index contributed by atoms with van der Waals surface area (Å²) in [4.78, 5) is 37.7. The Kier molecular flexibility index (Phi) is 7.23. The standard InChI is InChI=1S/C20H21N5O7S/c1-31-14-4-5-15(16(12-14)24(27)28)22-7-9-23(10-8-22)20(33)21-19(26)13-3-6-18(32-2)17(11-13)25(29)30/h3-6,11-12H,7-10H2,1-2H3,(H,21,26,33). The minimum atomic E-state index is -0.633. The molecule has 2 aromatic carbocycles. The van der Waals surface area contributed by atoms with Crippen molar-refractivity contribution in [2.24, 2.45) is 0 Å². The van der Waals surface area contributed by atoms with E-state index in [-0.39, 0.29) is 27.8 Å². The van der Waals surface area contributed by atoms with Crippen molar-refractivity contribution in [2.75, 3.05) is 45.3 Å². The fourth-order valence-electron chi connectivity index (χ4n) is 3.42. The number of carbonyl (C=O) groups excluding carboxylic acids is 1. The number of amides is 1. The number of benzene rings is 2. The van der Waals surface area contributed by atoms with Gasteiger partial charge in [-0.15, -0.1) is 0 Å². The molecule has 3 rings (SSSR count). The van der Waals surface area contributed by atoms with Gasteiger partial charge in [0.1, 0.15) is 11.4 Å². The highest BCUT2D eigenvalue weighted by molar-refractivity contribution is 7.80. The highest BCUT2D eigenvalue weighted by atomic mass is 32.1. The van der Waals surface area contributed by atoms with Gasteiger partial charge in [0.2, 0.25) is 0 Å². The lowest BCUT2D eigenvalue weighted by Crippen LogP contribution is -2.52. The van der Waals surface area contributed by atoms with Crippen LogP contribution in [-0.2, 0) is 0 Å². The van der Waals surface area contributed by atoms with Crippen molar-refractivity contribution in [3.05, 3.63) is 62.2 Å². The van der Waals surface area contributed by atoms with Crippen molar-refractivity contribution in [2.45, 2.75) is 0 Å². The fourth-order valence-corrected chi connectivity index (χ4v) is 3.69. The van der Waals surface area contributed by atoms with Crippen LogP contribution in [0.25, 0.3) is 0 Å². The van der Waals surface area contributed by atoms with Crippen LogP contribution in [0.15, 0.2) is 36.4 Å². The van der Waals surface area contributed by atoms with Crippen molar-refractivity contribution < 1.29 is 24.1 Å². The lowest BCUT2D eigenvalue weighted by molar-refractivity contribution is -0.385. The summed E-state index contributed by atoms with van der Waals surface area (Å²) in [6.07, 6.45) is 0. The molecule has 0 spiro atoms. The van der Waals surface area contributed by atoms with Crippen LogP contribution in [0.1, 0.15) is 10.4 Å². The first-order valence-electron chi connectivity index (χ1n) is 9.75. The Morgan fingerprint density at radius 1 is 0.970 bits per heavy atom. The van der Waals surface area contributed by atoms with E-state index < -0.39 is 15.8 Å². The molecule has 0 aliphatic carbocycles. The second-order valence-electron chi connectivity index (χ2n) is 6.99. The molecule has 0 atom stereocenters. The highest BCUT2D eigenvalue weighted by Crippen LogP contribution is 2.32. The van der Waals surface area contributed by atoms with E-state index in [9.17, 15) is 25.0 Å². The monoisotopic (exact) mass is 475 g/mol. The number of hydrogen-bond donors (Lipinski definition) is 1. The maximum Gasteiger partial charge on any atom is 0.311 e. The van der Waals surface area contributed by atoms with Crippen molar-refractivity contribution in [1.29, 1.82) is 0 Å². The molecule has 1 aliphatic heterocycles. The molecular formula is C20H21N5O7S. The molecule has 0 unspecified atom stereocenters. The van der Waals surface area contributed by atoms with Crippen molar-refractivity contribution >= 4 is 40.3 Å². The summed E-state index contributed by atoms with van der Waals surface area (Å²) < 4.78 is 10.0. The van der Waals surface area contributed by atoms with Gasteiger partial charge in [0.05, 0.1) is 30.1 Å². The predicted molar refractivity (Wildman–Crippen MR) is 123 cm³/mol. The Morgan fingerprint density at radius 2 is 1.64 bits per heavy atom. The molecule has 0 aromatic heterocycles. The summed E-state index contributed by atoms with van der Waals surface area (Å²) in [7, 11) is 2.74. The van der Waals surface area contributed by atoms with E-state index in [0.29, 0.717) is 37.6 Å². The van der Waals surface area contributed by atoms with Gasteiger partial charge in [0.25, 0.3) is 11.6 Å². The van der Waals surface area contributed by atoms with Gasteiger partial charge in [-0.3, -0.25) is 30.3 Å². The number of ether oxygens (including phenoxy) is 2. The van der Waals surface area contributed by atoms with Crippen LogP contribution < -0.4 is 19.7 Å². The van der Waals surface area contributed by atoms with E-state index in [0.717, 1.165) is 6.07 Å². The topological polar surface area (TPSA) is 140 Å². The Labute approximate surface area is 194 Å². The summed E-state index contributed by atoms with van der Waals surface area (Å²) in [6, 6.07) is 8.55. The molecule has 2 aromatic rings. The second kappa shape index (κ2) is 10.1. The van der Waals surface area contributed by atoms with Crippen LogP contribution >= 0.6 is 12.2 Å². The van der Waals surface area contributed by atoms with E-state index in [1.165, 1.54) is 32.4 Å². The number of thiocarbonyl (C=S) groups is 1. The molecule has 0 bridgehead atoms. The van der Waals surface area contributed by atoms with Crippen LogP contribution in [0.3, 0.4) is 0 Å². The molecule has 1 fully saturated rings. The van der Waals surface area contributed by atoms with Gasteiger partial charge in [-0.2, -0.15) is 0 Å². The van der Waals surface area contributed by atoms with E-state index in [1.807, 2.05) is 4.90 Å². The van der Waals surface area contributed by atoms with Gasteiger partial charge in [-0.1, -0.05) is 0 Å². The Balaban J connectivity index is 1.64. The summed E-state index contributed by atoms with van der Waals surface area (Å²) in [6.45, 7) is 1.73. The molecule has 1 amide bonds. The number of nitrogens with one attached hydrogen (secondary N) is 1. The normalized spacial score (nSPS) is 13.3. The van der Waals surface area contributed by atoms with Gasteiger partial charge in [-0.25, -0.2) is 0 Å². The zero-order valence-corrected chi connectivity index (χ0v) is 18.7.